The summed E-state index contributed by atoms with van der Waals surface area (Å²) >= 11 is 7.00. The van der Waals surface area contributed by atoms with Gasteiger partial charge >= 0.3 is 0 Å². The maximum absolute atomic E-state index is 11.9. The first kappa shape index (κ1) is 17.5. The second-order valence-corrected chi connectivity index (χ2v) is 6.86. The first-order valence-corrected chi connectivity index (χ1v) is 8.93. The van der Waals surface area contributed by atoms with Gasteiger partial charge in [-0.05, 0) is 36.8 Å². The monoisotopic (exact) mass is 344 g/mol. The quantitative estimate of drug-likeness (QED) is 0.618. The molecule has 0 spiro atoms. The van der Waals surface area contributed by atoms with Gasteiger partial charge in [0.25, 0.3) is 5.91 Å². The molecule has 2 aromatic carbocycles. The van der Waals surface area contributed by atoms with E-state index in [1.165, 1.54) is 5.56 Å². The van der Waals surface area contributed by atoms with E-state index in [0.717, 1.165) is 12.3 Å². The number of carbonyl (C=O) groups is 1. The average Bonchev–Trinajstić information content (AvgIpc) is 2.60. The summed E-state index contributed by atoms with van der Waals surface area (Å²) in [5.41, 5.74) is 1.92. The molecule has 0 saturated heterocycles. The summed E-state index contributed by atoms with van der Waals surface area (Å²) < 4.78 is 0. The van der Waals surface area contributed by atoms with Crippen molar-refractivity contribution in [3.05, 3.63) is 71.8 Å². The molecule has 0 aliphatic rings. The number of thioether (sulfide) groups is 1. The van der Waals surface area contributed by atoms with Gasteiger partial charge in [0.15, 0.2) is 5.11 Å². The van der Waals surface area contributed by atoms with Crippen LogP contribution in [0.15, 0.2) is 60.7 Å². The molecular weight excluding hydrogens is 324 g/mol. The van der Waals surface area contributed by atoms with Crippen LogP contribution in [0.1, 0.15) is 28.1 Å². The van der Waals surface area contributed by atoms with E-state index in [4.69, 9.17) is 12.2 Å². The number of thiocarbonyl (C=S) groups is 1. The van der Waals surface area contributed by atoms with Crippen molar-refractivity contribution in [2.75, 3.05) is 12.3 Å². The van der Waals surface area contributed by atoms with Gasteiger partial charge in [0.1, 0.15) is 0 Å². The van der Waals surface area contributed by atoms with Crippen molar-refractivity contribution in [1.82, 2.24) is 10.6 Å². The molecule has 0 saturated carbocycles. The molecule has 1 unspecified atom stereocenters. The van der Waals surface area contributed by atoms with Gasteiger partial charge in [-0.3, -0.25) is 10.1 Å². The molecule has 0 bridgehead atoms. The molecule has 23 heavy (non-hydrogen) atoms. The van der Waals surface area contributed by atoms with Crippen molar-refractivity contribution >= 4 is 35.0 Å². The van der Waals surface area contributed by atoms with E-state index >= 15 is 0 Å². The van der Waals surface area contributed by atoms with E-state index in [0.29, 0.717) is 15.9 Å². The third-order valence-electron chi connectivity index (χ3n) is 3.29. The van der Waals surface area contributed by atoms with Gasteiger partial charge in [-0.2, -0.15) is 11.8 Å². The molecule has 2 rings (SSSR count). The standard InChI is InChI=1S/C18H20N2OS2/c1-14(15-8-4-2-5-9-15)23-13-12-19-18(22)20-17(21)16-10-6-3-7-11-16/h2-11,14H,12-13H2,1H3,(H2,19,20,21,22). The first-order valence-electron chi connectivity index (χ1n) is 7.47. The van der Waals surface area contributed by atoms with E-state index in [1.807, 2.05) is 36.0 Å². The molecule has 2 aromatic rings. The van der Waals surface area contributed by atoms with Crippen molar-refractivity contribution in [2.24, 2.45) is 0 Å². The van der Waals surface area contributed by atoms with E-state index in [9.17, 15) is 4.79 Å². The van der Waals surface area contributed by atoms with Crippen LogP contribution in [0.25, 0.3) is 0 Å². The Kier molecular flexibility index (Phi) is 7.10. The summed E-state index contributed by atoms with van der Waals surface area (Å²) in [6, 6.07) is 19.4. The highest BCUT2D eigenvalue weighted by atomic mass is 32.2. The van der Waals surface area contributed by atoms with Crippen LogP contribution in [0.5, 0.6) is 0 Å². The Morgan fingerprint density at radius 2 is 1.70 bits per heavy atom. The van der Waals surface area contributed by atoms with Crippen LogP contribution in [-0.2, 0) is 0 Å². The molecule has 5 heteroatoms. The fourth-order valence-corrected chi connectivity index (χ4v) is 3.15. The second kappa shape index (κ2) is 9.33. The Morgan fingerprint density at radius 1 is 1.09 bits per heavy atom. The summed E-state index contributed by atoms with van der Waals surface area (Å²) in [4.78, 5) is 11.9. The smallest absolute Gasteiger partial charge is 0.257 e. The van der Waals surface area contributed by atoms with Crippen molar-refractivity contribution in [1.29, 1.82) is 0 Å². The maximum atomic E-state index is 11.9. The lowest BCUT2D eigenvalue weighted by Crippen LogP contribution is -2.40. The van der Waals surface area contributed by atoms with Crippen LogP contribution < -0.4 is 10.6 Å². The second-order valence-electron chi connectivity index (χ2n) is 5.00. The number of carbonyl (C=O) groups excluding carboxylic acids is 1. The highest BCUT2D eigenvalue weighted by molar-refractivity contribution is 7.99. The minimum Gasteiger partial charge on any atom is -0.362 e. The highest BCUT2D eigenvalue weighted by Crippen LogP contribution is 2.27. The molecule has 0 radical (unpaired) electrons. The van der Waals surface area contributed by atoms with Gasteiger partial charge < -0.3 is 5.32 Å². The van der Waals surface area contributed by atoms with Gasteiger partial charge in [0.2, 0.25) is 0 Å². The average molecular weight is 345 g/mol. The van der Waals surface area contributed by atoms with Crippen LogP contribution in [0.4, 0.5) is 0 Å². The van der Waals surface area contributed by atoms with Crippen molar-refractivity contribution in [2.45, 2.75) is 12.2 Å². The number of hydrogen-bond acceptors (Lipinski definition) is 3. The number of amides is 1. The molecule has 1 atom stereocenters. The Labute approximate surface area is 146 Å². The van der Waals surface area contributed by atoms with Gasteiger partial charge in [-0.1, -0.05) is 48.5 Å². The third-order valence-corrected chi connectivity index (χ3v) is 4.75. The van der Waals surface area contributed by atoms with Crippen LogP contribution in [0, 0.1) is 0 Å². The minimum atomic E-state index is -0.187. The number of rotatable bonds is 6. The van der Waals surface area contributed by atoms with E-state index in [1.54, 1.807) is 12.1 Å². The minimum absolute atomic E-state index is 0.187. The largest absolute Gasteiger partial charge is 0.362 e. The predicted octanol–water partition coefficient (Wildman–Crippen LogP) is 3.79. The predicted molar refractivity (Wildman–Crippen MR) is 102 cm³/mol. The van der Waals surface area contributed by atoms with E-state index < -0.39 is 0 Å². The maximum Gasteiger partial charge on any atom is 0.257 e. The number of hydrogen-bond donors (Lipinski definition) is 2. The summed E-state index contributed by atoms with van der Waals surface area (Å²) in [5, 5.41) is 6.56. The lowest BCUT2D eigenvalue weighted by atomic mass is 10.2. The molecule has 0 aliphatic carbocycles. The molecule has 3 nitrogen and oxygen atoms in total. The summed E-state index contributed by atoms with van der Waals surface area (Å²) in [6.07, 6.45) is 0. The van der Waals surface area contributed by atoms with Crippen molar-refractivity contribution in [3.8, 4) is 0 Å². The van der Waals surface area contributed by atoms with Gasteiger partial charge in [0.05, 0.1) is 0 Å². The van der Waals surface area contributed by atoms with Crippen LogP contribution >= 0.6 is 24.0 Å². The first-order chi connectivity index (χ1) is 11.2. The van der Waals surface area contributed by atoms with Gasteiger partial charge in [-0.25, -0.2) is 0 Å². The van der Waals surface area contributed by atoms with Crippen LogP contribution in [0.2, 0.25) is 0 Å². The fraction of sp³-hybridized carbons (Fsp3) is 0.222. The number of benzene rings is 2. The normalized spacial score (nSPS) is 11.5. The zero-order valence-corrected chi connectivity index (χ0v) is 14.6. The topological polar surface area (TPSA) is 41.1 Å². The Balaban J connectivity index is 1.66. The Bertz CT molecular complexity index is 632. The van der Waals surface area contributed by atoms with Crippen LogP contribution in [0.3, 0.4) is 0 Å². The third kappa shape index (κ3) is 6.04. The molecule has 1 amide bonds. The molecule has 2 N–H and O–H groups in total. The van der Waals surface area contributed by atoms with E-state index in [-0.39, 0.29) is 5.91 Å². The molecule has 0 aromatic heterocycles. The van der Waals surface area contributed by atoms with Crippen molar-refractivity contribution < 1.29 is 4.79 Å². The highest BCUT2D eigenvalue weighted by Gasteiger charge is 2.07. The molecular formula is C18H20N2OS2. The molecule has 0 aliphatic heterocycles. The SMILES string of the molecule is CC(SCCNC(=S)NC(=O)c1ccccc1)c1ccccc1. The van der Waals surface area contributed by atoms with Gasteiger partial charge in [-0.15, -0.1) is 0 Å². The lowest BCUT2D eigenvalue weighted by Gasteiger charge is -2.13. The molecule has 0 fully saturated rings. The zero-order valence-electron chi connectivity index (χ0n) is 13.0. The molecule has 120 valence electrons. The summed E-state index contributed by atoms with van der Waals surface area (Å²) in [6.45, 7) is 2.91. The molecule has 0 heterocycles. The summed E-state index contributed by atoms with van der Waals surface area (Å²) in [7, 11) is 0. The van der Waals surface area contributed by atoms with Gasteiger partial charge in [0, 0.05) is 23.1 Å². The number of nitrogens with one attached hydrogen (secondary N) is 2. The van der Waals surface area contributed by atoms with Crippen molar-refractivity contribution in [3.63, 3.8) is 0 Å². The summed E-state index contributed by atoms with van der Waals surface area (Å²) in [5.74, 6) is 0.727. The van der Waals surface area contributed by atoms with E-state index in [2.05, 4.69) is 41.8 Å². The fourth-order valence-electron chi connectivity index (χ4n) is 2.03. The zero-order chi connectivity index (χ0) is 16.5. The Morgan fingerprint density at radius 3 is 2.35 bits per heavy atom. The van der Waals surface area contributed by atoms with Crippen LogP contribution in [-0.4, -0.2) is 23.3 Å². The lowest BCUT2D eigenvalue weighted by molar-refractivity contribution is 0.0976. The Hall–Kier alpha value is -1.85.